The highest BCUT2D eigenvalue weighted by Crippen LogP contribution is 2.18. The second-order valence-electron chi connectivity index (χ2n) is 6.51. The fourth-order valence-corrected chi connectivity index (χ4v) is 2.78. The molecule has 0 spiro atoms. The molecule has 1 N–H and O–H groups in total. The highest BCUT2D eigenvalue weighted by atomic mass is 35.5. The number of nitrogens with one attached hydrogen (secondary N) is 1. The van der Waals surface area contributed by atoms with Gasteiger partial charge in [0, 0.05) is 23.8 Å². The maximum Gasteiger partial charge on any atom is 0.226 e. The summed E-state index contributed by atoms with van der Waals surface area (Å²) in [6, 6.07) is 11.9. The van der Waals surface area contributed by atoms with Crippen LogP contribution in [0.25, 0.3) is 0 Å². The van der Waals surface area contributed by atoms with E-state index in [1.807, 2.05) is 39.0 Å². The van der Waals surface area contributed by atoms with Gasteiger partial charge in [0.15, 0.2) is 0 Å². The molecule has 0 atom stereocenters. The van der Waals surface area contributed by atoms with Crippen LogP contribution in [0.2, 0.25) is 5.02 Å². The Balaban J connectivity index is 1.97. The Morgan fingerprint density at radius 2 is 2.04 bits per heavy atom. The number of benzene rings is 2. The normalized spacial score (nSPS) is 11.2. The minimum Gasteiger partial charge on any atom is -0.352 e. The summed E-state index contributed by atoms with van der Waals surface area (Å²) in [4.78, 5) is 12.2. The molecule has 28 heavy (non-hydrogen) atoms. The topological polar surface area (TPSA) is 44.7 Å². The smallest absolute Gasteiger partial charge is 0.226 e. The number of hydrogen-bond donors (Lipinski definition) is 1. The van der Waals surface area contributed by atoms with Gasteiger partial charge in [-0.2, -0.15) is 5.10 Å². The molecule has 1 amide bonds. The van der Waals surface area contributed by atoms with Crippen LogP contribution < -0.4 is 5.32 Å². The number of nitrogens with zero attached hydrogens (tertiary/aromatic N) is 2. The van der Waals surface area contributed by atoms with Gasteiger partial charge < -0.3 is 5.32 Å². The van der Waals surface area contributed by atoms with E-state index in [0.29, 0.717) is 22.8 Å². The van der Waals surface area contributed by atoms with E-state index in [1.54, 1.807) is 17.1 Å². The molecule has 0 bridgehead atoms. The van der Waals surface area contributed by atoms with Crippen molar-refractivity contribution in [2.75, 3.05) is 6.54 Å². The predicted octanol–water partition coefficient (Wildman–Crippen LogP) is 5.05. The van der Waals surface area contributed by atoms with Gasteiger partial charge in [-0.1, -0.05) is 36.4 Å². The van der Waals surface area contributed by atoms with Gasteiger partial charge in [0.2, 0.25) is 5.91 Å². The summed E-state index contributed by atoms with van der Waals surface area (Å²) in [6.07, 6.45) is 0.111. The van der Waals surface area contributed by atoms with Crippen molar-refractivity contribution in [2.45, 2.75) is 33.7 Å². The van der Waals surface area contributed by atoms with Crippen LogP contribution >= 0.6 is 11.6 Å². The van der Waals surface area contributed by atoms with Gasteiger partial charge >= 0.3 is 0 Å². The SMILES string of the molecule is C=C(CC(=O)NCc1cccc(F)c1)N(CC)/N=C(\C)c1ccc(Cl)c(C)c1. The monoisotopic (exact) mass is 401 g/mol. The fourth-order valence-electron chi connectivity index (χ4n) is 2.66. The van der Waals surface area contributed by atoms with Crippen LogP contribution in [0.5, 0.6) is 0 Å². The average molecular weight is 402 g/mol. The third-order valence-electron chi connectivity index (χ3n) is 4.25. The van der Waals surface area contributed by atoms with E-state index in [4.69, 9.17) is 11.6 Å². The Morgan fingerprint density at radius 3 is 2.68 bits per heavy atom. The van der Waals surface area contributed by atoms with Crippen LogP contribution in [0.1, 0.15) is 37.0 Å². The van der Waals surface area contributed by atoms with E-state index in [0.717, 1.165) is 16.8 Å². The zero-order valence-electron chi connectivity index (χ0n) is 16.4. The Bertz CT molecular complexity index is 895. The van der Waals surface area contributed by atoms with Crippen LogP contribution in [-0.2, 0) is 11.3 Å². The number of amides is 1. The van der Waals surface area contributed by atoms with Crippen molar-refractivity contribution >= 4 is 23.2 Å². The summed E-state index contributed by atoms with van der Waals surface area (Å²) < 4.78 is 13.2. The van der Waals surface area contributed by atoms with Crippen LogP contribution in [0.3, 0.4) is 0 Å². The molecule has 0 aliphatic rings. The Morgan fingerprint density at radius 1 is 1.29 bits per heavy atom. The molecule has 0 aromatic heterocycles. The number of rotatable bonds is 8. The highest BCUT2D eigenvalue weighted by molar-refractivity contribution is 6.31. The van der Waals surface area contributed by atoms with Gasteiger partial charge in [-0.3, -0.25) is 9.80 Å². The van der Waals surface area contributed by atoms with E-state index < -0.39 is 0 Å². The standard InChI is InChI=1S/C22H25ClFN3O/c1-5-27(26-17(4)19-9-10-21(23)15(2)11-19)16(3)12-22(28)25-14-18-7-6-8-20(24)13-18/h6-11,13H,3,5,12,14H2,1-2,4H3,(H,25,28)/b26-17+. The lowest BCUT2D eigenvalue weighted by molar-refractivity contribution is -0.120. The van der Waals surface area contributed by atoms with Crippen molar-refractivity contribution in [2.24, 2.45) is 5.10 Å². The first kappa shape index (κ1) is 21.6. The van der Waals surface area contributed by atoms with Crippen molar-refractivity contribution in [1.82, 2.24) is 10.3 Å². The Labute approximate surface area is 170 Å². The predicted molar refractivity (Wildman–Crippen MR) is 113 cm³/mol. The van der Waals surface area contributed by atoms with E-state index in [9.17, 15) is 9.18 Å². The quantitative estimate of drug-likeness (QED) is 0.496. The van der Waals surface area contributed by atoms with Crippen LogP contribution in [-0.4, -0.2) is 23.2 Å². The Kier molecular flexibility index (Phi) is 7.76. The van der Waals surface area contributed by atoms with E-state index in [-0.39, 0.29) is 24.7 Å². The lowest BCUT2D eigenvalue weighted by Crippen LogP contribution is -2.27. The molecule has 4 nitrogen and oxygen atoms in total. The second kappa shape index (κ2) is 10.0. The molecule has 148 valence electrons. The maximum atomic E-state index is 13.2. The summed E-state index contributed by atoms with van der Waals surface area (Å²) in [6.45, 7) is 10.6. The average Bonchev–Trinajstić information content (AvgIpc) is 2.66. The molecule has 6 heteroatoms. The summed E-state index contributed by atoms with van der Waals surface area (Å²) in [7, 11) is 0. The number of hydrogen-bond acceptors (Lipinski definition) is 3. The summed E-state index contributed by atoms with van der Waals surface area (Å²) in [5.74, 6) is -0.515. The van der Waals surface area contributed by atoms with Gasteiger partial charge in [-0.15, -0.1) is 0 Å². The molecule has 0 unspecified atom stereocenters. The van der Waals surface area contributed by atoms with E-state index >= 15 is 0 Å². The number of carbonyl (C=O) groups excluding carboxylic acids is 1. The van der Waals surface area contributed by atoms with Gasteiger partial charge in [0.05, 0.1) is 12.1 Å². The van der Waals surface area contributed by atoms with Crippen LogP contribution in [0.4, 0.5) is 4.39 Å². The molecule has 2 aromatic carbocycles. The maximum absolute atomic E-state index is 13.2. The van der Waals surface area contributed by atoms with Crippen molar-refractivity contribution in [1.29, 1.82) is 0 Å². The van der Waals surface area contributed by atoms with Crippen molar-refractivity contribution in [3.63, 3.8) is 0 Å². The third-order valence-corrected chi connectivity index (χ3v) is 4.68. The van der Waals surface area contributed by atoms with Gasteiger partial charge in [0.25, 0.3) is 0 Å². The minimum absolute atomic E-state index is 0.111. The first-order chi connectivity index (χ1) is 13.3. The fraction of sp³-hybridized carbons (Fsp3) is 0.273. The molecule has 2 rings (SSSR count). The van der Waals surface area contributed by atoms with Crippen molar-refractivity contribution in [3.05, 3.63) is 82.3 Å². The van der Waals surface area contributed by atoms with Gasteiger partial charge in [-0.25, -0.2) is 4.39 Å². The lowest BCUT2D eigenvalue weighted by Gasteiger charge is -2.21. The van der Waals surface area contributed by atoms with E-state index in [1.165, 1.54) is 12.1 Å². The second-order valence-corrected chi connectivity index (χ2v) is 6.92. The Hall–Kier alpha value is -2.66. The van der Waals surface area contributed by atoms with Crippen molar-refractivity contribution < 1.29 is 9.18 Å². The first-order valence-corrected chi connectivity index (χ1v) is 9.46. The lowest BCUT2D eigenvalue weighted by atomic mass is 10.1. The number of hydrazone groups is 1. The summed E-state index contributed by atoms with van der Waals surface area (Å²) in [5, 5.41) is 9.80. The van der Waals surface area contributed by atoms with Gasteiger partial charge in [-0.05, 0) is 61.7 Å². The molecule has 0 saturated carbocycles. The zero-order valence-corrected chi connectivity index (χ0v) is 17.2. The van der Waals surface area contributed by atoms with E-state index in [2.05, 4.69) is 17.0 Å². The molecular weight excluding hydrogens is 377 g/mol. The molecule has 0 heterocycles. The largest absolute Gasteiger partial charge is 0.352 e. The summed E-state index contributed by atoms with van der Waals surface area (Å²) in [5.41, 5.74) is 4.04. The highest BCUT2D eigenvalue weighted by Gasteiger charge is 2.11. The van der Waals surface area contributed by atoms with Crippen LogP contribution in [0, 0.1) is 12.7 Å². The first-order valence-electron chi connectivity index (χ1n) is 9.08. The molecule has 0 saturated heterocycles. The molecule has 0 aliphatic heterocycles. The van der Waals surface area contributed by atoms with Crippen LogP contribution in [0.15, 0.2) is 59.8 Å². The molecule has 0 aliphatic carbocycles. The molecule has 2 aromatic rings. The number of carbonyl (C=O) groups is 1. The minimum atomic E-state index is -0.324. The number of aryl methyl sites for hydroxylation is 1. The molecule has 0 radical (unpaired) electrons. The van der Waals surface area contributed by atoms with Gasteiger partial charge in [0.1, 0.15) is 5.82 Å². The zero-order chi connectivity index (χ0) is 20.7. The molecule has 0 fully saturated rings. The molecular formula is C22H25ClFN3O. The summed E-state index contributed by atoms with van der Waals surface area (Å²) >= 11 is 6.08. The van der Waals surface area contributed by atoms with Crippen molar-refractivity contribution in [3.8, 4) is 0 Å². The number of halogens is 2. The third kappa shape index (κ3) is 6.20.